The van der Waals surface area contributed by atoms with Crippen molar-refractivity contribution in [1.29, 1.82) is 0 Å². The van der Waals surface area contributed by atoms with E-state index in [0.29, 0.717) is 12.1 Å². The van der Waals surface area contributed by atoms with E-state index in [4.69, 9.17) is 4.74 Å². The van der Waals surface area contributed by atoms with Crippen molar-refractivity contribution >= 4 is 0 Å². The number of ether oxygens (including phenoxy) is 1. The second-order valence-electron chi connectivity index (χ2n) is 5.02. The summed E-state index contributed by atoms with van der Waals surface area (Å²) in [6.07, 6.45) is 10.8. The minimum Gasteiger partial charge on any atom is -0.378 e. The lowest BCUT2D eigenvalue weighted by atomic mass is 9.98. The third-order valence-corrected chi connectivity index (χ3v) is 3.41. The topological polar surface area (TPSA) is 21.3 Å². The van der Waals surface area contributed by atoms with Crippen LogP contribution in [-0.4, -0.2) is 25.3 Å². The van der Waals surface area contributed by atoms with E-state index >= 15 is 0 Å². The largest absolute Gasteiger partial charge is 0.378 e. The first-order valence-corrected chi connectivity index (χ1v) is 7.21. The van der Waals surface area contributed by atoms with Crippen molar-refractivity contribution in [2.45, 2.75) is 77.4 Å². The van der Waals surface area contributed by atoms with Crippen LogP contribution in [0.5, 0.6) is 0 Å². The Balaban J connectivity index is 2.23. The Hall–Kier alpha value is -0.0800. The molecule has 1 aliphatic rings. The van der Waals surface area contributed by atoms with E-state index in [2.05, 4.69) is 19.2 Å². The fraction of sp³-hybridized carbons (Fsp3) is 1.00. The molecule has 2 atom stereocenters. The van der Waals surface area contributed by atoms with Gasteiger partial charge in [0.15, 0.2) is 0 Å². The highest BCUT2D eigenvalue weighted by Gasteiger charge is 2.18. The zero-order valence-electron chi connectivity index (χ0n) is 11.1. The van der Waals surface area contributed by atoms with Crippen molar-refractivity contribution in [1.82, 2.24) is 5.32 Å². The summed E-state index contributed by atoms with van der Waals surface area (Å²) in [4.78, 5) is 0. The molecule has 0 aliphatic carbocycles. The molecule has 2 heteroatoms. The first-order valence-electron chi connectivity index (χ1n) is 7.21. The summed E-state index contributed by atoms with van der Waals surface area (Å²) in [6.45, 7) is 6.65. The van der Waals surface area contributed by atoms with E-state index in [1.54, 1.807) is 0 Å². The van der Waals surface area contributed by atoms with Gasteiger partial charge in [0, 0.05) is 12.6 Å². The molecule has 16 heavy (non-hydrogen) atoms. The molecule has 96 valence electrons. The van der Waals surface area contributed by atoms with Gasteiger partial charge in [-0.05, 0) is 45.1 Å². The number of hydrogen-bond acceptors (Lipinski definition) is 2. The number of rotatable bonds is 8. The van der Waals surface area contributed by atoms with Crippen LogP contribution >= 0.6 is 0 Å². The van der Waals surface area contributed by atoms with E-state index < -0.39 is 0 Å². The Kier molecular flexibility index (Phi) is 7.87. The molecule has 0 radical (unpaired) electrons. The molecule has 0 saturated carbocycles. The third-order valence-electron chi connectivity index (χ3n) is 3.41. The Bertz CT molecular complexity index is 147. The fourth-order valence-corrected chi connectivity index (χ4v) is 2.41. The molecule has 1 N–H and O–H groups in total. The lowest BCUT2D eigenvalue weighted by Crippen LogP contribution is -2.35. The Morgan fingerprint density at radius 2 is 2.12 bits per heavy atom. The summed E-state index contributed by atoms with van der Waals surface area (Å²) in [5, 5.41) is 3.67. The molecule has 0 aromatic heterocycles. The Labute approximate surface area is 101 Å². The summed E-state index contributed by atoms with van der Waals surface area (Å²) in [7, 11) is 0. The third kappa shape index (κ3) is 5.86. The monoisotopic (exact) mass is 227 g/mol. The minimum atomic E-state index is 0.528. The maximum Gasteiger partial charge on any atom is 0.0590 e. The molecule has 2 nitrogen and oxygen atoms in total. The molecule has 1 heterocycles. The maximum absolute atomic E-state index is 5.83. The quantitative estimate of drug-likeness (QED) is 0.685. The summed E-state index contributed by atoms with van der Waals surface area (Å²) in [6, 6.07) is 0.683. The van der Waals surface area contributed by atoms with Crippen LogP contribution in [0, 0.1) is 0 Å². The van der Waals surface area contributed by atoms with Crippen LogP contribution in [0.2, 0.25) is 0 Å². The van der Waals surface area contributed by atoms with E-state index in [-0.39, 0.29) is 0 Å². The zero-order chi connectivity index (χ0) is 11.6. The molecule has 0 spiro atoms. The lowest BCUT2D eigenvalue weighted by Gasteiger charge is -2.27. The molecule has 1 saturated heterocycles. The molecule has 0 amide bonds. The number of hydrogen-bond donors (Lipinski definition) is 1. The van der Waals surface area contributed by atoms with E-state index in [0.717, 1.165) is 13.2 Å². The van der Waals surface area contributed by atoms with Crippen molar-refractivity contribution in [3.05, 3.63) is 0 Å². The summed E-state index contributed by atoms with van der Waals surface area (Å²) < 4.78 is 5.83. The van der Waals surface area contributed by atoms with Gasteiger partial charge in [-0.1, -0.05) is 26.7 Å². The highest BCUT2D eigenvalue weighted by Crippen LogP contribution is 2.19. The van der Waals surface area contributed by atoms with Crippen molar-refractivity contribution in [2.75, 3.05) is 13.2 Å². The summed E-state index contributed by atoms with van der Waals surface area (Å²) in [5.41, 5.74) is 0. The van der Waals surface area contributed by atoms with E-state index in [9.17, 15) is 0 Å². The van der Waals surface area contributed by atoms with Gasteiger partial charge < -0.3 is 10.1 Å². The van der Waals surface area contributed by atoms with Crippen molar-refractivity contribution < 1.29 is 4.74 Å². The van der Waals surface area contributed by atoms with Crippen LogP contribution < -0.4 is 5.32 Å². The van der Waals surface area contributed by atoms with Crippen LogP contribution in [0.4, 0.5) is 0 Å². The second kappa shape index (κ2) is 9.00. The van der Waals surface area contributed by atoms with Gasteiger partial charge in [0.2, 0.25) is 0 Å². The first-order chi connectivity index (χ1) is 7.86. The van der Waals surface area contributed by atoms with Gasteiger partial charge in [0.25, 0.3) is 0 Å². The zero-order valence-corrected chi connectivity index (χ0v) is 11.1. The molecule has 1 aliphatic heterocycles. The van der Waals surface area contributed by atoms with Gasteiger partial charge >= 0.3 is 0 Å². The van der Waals surface area contributed by atoms with Gasteiger partial charge in [-0.15, -0.1) is 0 Å². The van der Waals surface area contributed by atoms with Gasteiger partial charge in [-0.3, -0.25) is 0 Å². The predicted molar refractivity (Wildman–Crippen MR) is 69.8 cm³/mol. The molecule has 0 bridgehead atoms. The van der Waals surface area contributed by atoms with Gasteiger partial charge in [0.1, 0.15) is 0 Å². The number of unbranched alkanes of at least 4 members (excludes halogenated alkanes) is 1. The van der Waals surface area contributed by atoms with Crippen molar-refractivity contribution in [3.8, 4) is 0 Å². The molecule has 0 aromatic carbocycles. The van der Waals surface area contributed by atoms with E-state index in [1.165, 1.54) is 51.4 Å². The van der Waals surface area contributed by atoms with Crippen LogP contribution in [0.3, 0.4) is 0 Å². The van der Waals surface area contributed by atoms with Gasteiger partial charge in [-0.2, -0.15) is 0 Å². The molecule has 1 fully saturated rings. The second-order valence-corrected chi connectivity index (χ2v) is 5.02. The highest BCUT2D eigenvalue weighted by atomic mass is 16.5. The van der Waals surface area contributed by atoms with Gasteiger partial charge in [-0.25, -0.2) is 0 Å². The molecule has 0 aromatic rings. The smallest absolute Gasteiger partial charge is 0.0590 e. The summed E-state index contributed by atoms with van der Waals surface area (Å²) >= 11 is 0. The Morgan fingerprint density at radius 1 is 1.25 bits per heavy atom. The van der Waals surface area contributed by atoms with E-state index in [1.807, 2.05) is 0 Å². The first kappa shape index (κ1) is 14.0. The highest BCUT2D eigenvalue weighted by molar-refractivity contribution is 4.74. The molecular formula is C14H29NO. The SMILES string of the molecule is CCCCC(CC1CCCCO1)NCCC. The molecular weight excluding hydrogens is 198 g/mol. The van der Waals surface area contributed by atoms with Crippen LogP contribution in [0.25, 0.3) is 0 Å². The molecule has 1 rings (SSSR count). The predicted octanol–water partition coefficient (Wildman–Crippen LogP) is 3.50. The average Bonchev–Trinajstić information content (AvgIpc) is 2.34. The lowest BCUT2D eigenvalue weighted by molar-refractivity contribution is 0.00460. The van der Waals surface area contributed by atoms with Crippen molar-refractivity contribution in [3.63, 3.8) is 0 Å². The fourth-order valence-electron chi connectivity index (χ4n) is 2.41. The molecule has 2 unspecified atom stereocenters. The average molecular weight is 227 g/mol. The normalized spacial score (nSPS) is 23.2. The standard InChI is InChI=1S/C14H29NO/c1-3-5-8-13(15-10-4-2)12-14-9-6-7-11-16-14/h13-15H,3-12H2,1-2H3. The minimum absolute atomic E-state index is 0.528. The summed E-state index contributed by atoms with van der Waals surface area (Å²) in [5.74, 6) is 0. The number of nitrogens with one attached hydrogen (secondary N) is 1. The van der Waals surface area contributed by atoms with Crippen molar-refractivity contribution in [2.24, 2.45) is 0 Å². The maximum atomic E-state index is 5.83. The van der Waals surface area contributed by atoms with Crippen LogP contribution in [0.15, 0.2) is 0 Å². The van der Waals surface area contributed by atoms with Gasteiger partial charge in [0.05, 0.1) is 6.10 Å². The van der Waals surface area contributed by atoms with Crippen LogP contribution in [-0.2, 0) is 4.74 Å². The Morgan fingerprint density at radius 3 is 2.75 bits per heavy atom. The van der Waals surface area contributed by atoms with Crippen LogP contribution in [0.1, 0.15) is 65.2 Å².